The molecule has 0 unspecified atom stereocenters. The van der Waals surface area contributed by atoms with E-state index >= 15 is 0 Å². The maximum Gasteiger partial charge on any atom is 0.333 e. The average Bonchev–Trinajstić information content (AvgIpc) is 2.44. The third-order valence-electron chi connectivity index (χ3n) is 2.78. The Balaban J connectivity index is 2.02. The van der Waals surface area contributed by atoms with E-state index in [2.05, 4.69) is 6.58 Å². The second kappa shape index (κ2) is 6.10. The van der Waals surface area contributed by atoms with E-state index in [4.69, 9.17) is 9.47 Å². The number of esters is 1. The van der Waals surface area contributed by atoms with Crippen LogP contribution in [0.25, 0.3) is 10.8 Å². The van der Waals surface area contributed by atoms with Crippen molar-refractivity contribution in [1.82, 2.24) is 0 Å². The molecule has 0 amide bonds. The Labute approximate surface area is 117 Å². The Morgan fingerprint density at radius 2 is 1.85 bits per heavy atom. The zero-order valence-electron chi connectivity index (χ0n) is 11.3. The van der Waals surface area contributed by atoms with Crippen LogP contribution in [0.5, 0.6) is 11.5 Å². The van der Waals surface area contributed by atoms with Crippen LogP contribution in [0.15, 0.2) is 48.6 Å². The summed E-state index contributed by atoms with van der Waals surface area (Å²) < 4.78 is 10.5. The maximum absolute atomic E-state index is 11.2. The summed E-state index contributed by atoms with van der Waals surface area (Å²) >= 11 is 0. The lowest BCUT2D eigenvalue weighted by Gasteiger charge is -2.10. The van der Waals surface area contributed by atoms with E-state index in [0.29, 0.717) is 11.3 Å². The van der Waals surface area contributed by atoms with Gasteiger partial charge in [-0.1, -0.05) is 30.8 Å². The molecule has 2 rings (SSSR count). The minimum Gasteiger partial charge on any atom is -0.507 e. The van der Waals surface area contributed by atoms with Crippen molar-refractivity contribution in [2.45, 2.75) is 6.92 Å². The van der Waals surface area contributed by atoms with Gasteiger partial charge in [-0.25, -0.2) is 4.79 Å². The van der Waals surface area contributed by atoms with Crippen molar-refractivity contribution >= 4 is 16.7 Å². The van der Waals surface area contributed by atoms with E-state index in [1.807, 2.05) is 18.2 Å². The molecule has 0 saturated carbocycles. The van der Waals surface area contributed by atoms with Gasteiger partial charge in [-0.3, -0.25) is 0 Å². The molecule has 0 saturated heterocycles. The molecule has 1 N–H and O–H groups in total. The number of rotatable bonds is 5. The lowest BCUT2D eigenvalue weighted by molar-refractivity contribution is -0.139. The van der Waals surface area contributed by atoms with Gasteiger partial charge >= 0.3 is 5.97 Å². The summed E-state index contributed by atoms with van der Waals surface area (Å²) in [6.07, 6.45) is 0. The van der Waals surface area contributed by atoms with Crippen LogP contribution in [0, 0.1) is 0 Å². The first kappa shape index (κ1) is 13.9. The molecule has 20 heavy (non-hydrogen) atoms. The van der Waals surface area contributed by atoms with E-state index in [1.165, 1.54) is 0 Å². The first-order valence-corrected chi connectivity index (χ1v) is 6.25. The van der Waals surface area contributed by atoms with Crippen molar-refractivity contribution in [3.8, 4) is 11.5 Å². The number of ether oxygens (including phenoxy) is 2. The Kier molecular flexibility index (Phi) is 4.25. The van der Waals surface area contributed by atoms with Crippen LogP contribution in [0.3, 0.4) is 0 Å². The van der Waals surface area contributed by atoms with Gasteiger partial charge in [0, 0.05) is 16.3 Å². The molecule has 4 heteroatoms. The average molecular weight is 272 g/mol. The van der Waals surface area contributed by atoms with E-state index in [9.17, 15) is 9.90 Å². The Bertz CT molecular complexity index is 646. The van der Waals surface area contributed by atoms with Crippen molar-refractivity contribution in [1.29, 1.82) is 0 Å². The fourth-order valence-corrected chi connectivity index (χ4v) is 1.80. The molecule has 0 radical (unpaired) electrons. The van der Waals surface area contributed by atoms with Crippen LogP contribution < -0.4 is 4.74 Å². The standard InChI is InChI=1S/C16H16O4/c1-11(2)16(18)20-10-9-19-15-8-4-5-12-13(15)6-3-7-14(12)17/h3-8,17H,1,9-10H2,2H3. The van der Waals surface area contributed by atoms with Gasteiger partial charge in [-0.2, -0.15) is 0 Å². The fourth-order valence-electron chi connectivity index (χ4n) is 1.80. The number of phenols is 1. The first-order valence-electron chi connectivity index (χ1n) is 6.25. The van der Waals surface area contributed by atoms with Gasteiger partial charge in [0.15, 0.2) is 0 Å². The summed E-state index contributed by atoms with van der Waals surface area (Å²) in [6, 6.07) is 10.7. The summed E-state index contributed by atoms with van der Waals surface area (Å²) in [4.78, 5) is 11.2. The van der Waals surface area contributed by atoms with Crippen LogP contribution in [0.2, 0.25) is 0 Å². The van der Waals surface area contributed by atoms with Gasteiger partial charge in [0.05, 0.1) is 0 Å². The highest BCUT2D eigenvalue weighted by molar-refractivity contribution is 5.92. The molecule has 0 bridgehead atoms. The van der Waals surface area contributed by atoms with E-state index < -0.39 is 5.97 Å². The number of phenolic OH excluding ortho intramolecular Hbond substituents is 1. The monoisotopic (exact) mass is 272 g/mol. The number of hydrogen-bond donors (Lipinski definition) is 1. The number of hydrogen-bond acceptors (Lipinski definition) is 4. The first-order chi connectivity index (χ1) is 9.59. The van der Waals surface area contributed by atoms with Crippen molar-refractivity contribution in [3.63, 3.8) is 0 Å². The second-order valence-electron chi connectivity index (χ2n) is 4.39. The molecule has 0 aliphatic heterocycles. The normalized spacial score (nSPS) is 10.2. The molecule has 0 aliphatic carbocycles. The van der Waals surface area contributed by atoms with Crippen LogP contribution in [0.1, 0.15) is 6.92 Å². The smallest absolute Gasteiger partial charge is 0.333 e. The molecule has 0 fully saturated rings. The maximum atomic E-state index is 11.2. The largest absolute Gasteiger partial charge is 0.507 e. The molecule has 0 aliphatic rings. The van der Waals surface area contributed by atoms with E-state index in [0.717, 1.165) is 10.8 Å². The predicted molar refractivity (Wildman–Crippen MR) is 76.9 cm³/mol. The highest BCUT2D eigenvalue weighted by Gasteiger charge is 2.06. The second-order valence-corrected chi connectivity index (χ2v) is 4.39. The van der Waals surface area contributed by atoms with Gasteiger partial charge in [0.1, 0.15) is 24.7 Å². The minimum absolute atomic E-state index is 0.154. The van der Waals surface area contributed by atoms with Crippen LogP contribution in [-0.2, 0) is 9.53 Å². The highest BCUT2D eigenvalue weighted by atomic mass is 16.6. The summed E-state index contributed by atoms with van der Waals surface area (Å²) in [5, 5.41) is 11.3. The van der Waals surface area contributed by atoms with Crippen LogP contribution in [-0.4, -0.2) is 24.3 Å². The Hall–Kier alpha value is -2.49. The van der Waals surface area contributed by atoms with E-state index in [1.54, 1.807) is 25.1 Å². The molecule has 0 aromatic heterocycles. The summed E-state index contributed by atoms with van der Waals surface area (Å²) in [5.41, 5.74) is 0.361. The number of benzene rings is 2. The quantitative estimate of drug-likeness (QED) is 0.516. The molecule has 0 heterocycles. The molecular weight excluding hydrogens is 256 g/mol. The molecule has 4 nitrogen and oxygen atoms in total. The molecule has 104 valence electrons. The number of aromatic hydroxyl groups is 1. The summed E-state index contributed by atoms with van der Waals surface area (Å²) in [7, 11) is 0. The zero-order chi connectivity index (χ0) is 14.5. The molecule has 0 spiro atoms. The summed E-state index contributed by atoms with van der Waals surface area (Å²) in [6.45, 7) is 5.49. The molecule has 2 aromatic carbocycles. The number of fused-ring (bicyclic) bond motifs is 1. The Morgan fingerprint density at radius 3 is 2.60 bits per heavy atom. The van der Waals surface area contributed by atoms with Crippen molar-refractivity contribution in [2.24, 2.45) is 0 Å². The molecule has 2 aromatic rings. The third kappa shape index (κ3) is 3.09. The van der Waals surface area contributed by atoms with Gasteiger partial charge in [-0.05, 0) is 19.1 Å². The predicted octanol–water partition coefficient (Wildman–Crippen LogP) is 3.04. The van der Waals surface area contributed by atoms with Gasteiger partial charge < -0.3 is 14.6 Å². The molecule has 0 atom stereocenters. The summed E-state index contributed by atoms with van der Waals surface area (Å²) in [5.74, 6) is 0.426. The zero-order valence-corrected chi connectivity index (χ0v) is 11.3. The number of carbonyl (C=O) groups excluding carboxylic acids is 1. The SMILES string of the molecule is C=C(C)C(=O)OCCOc1cccc2c(O)cccc12. The lowest BCUT2D eigenvalue weighted by Crippen LogP contribution is -2.12. The fraction of sp³-hybridized carbons (Fsp3) is 0.188. The van der Waals surface area contributed by atoms with Gasteiger partial charge in [-0.15, -0.1) is 0 Å². The third-order valence-corrected chi connectivity index (χ3v) is 2.78. The topological polar surface area (TPSA) is 55.8 Å². The van der Waals surface area contributed by atoms with Crippen LogP contribution >= 0.6 is 0 Å². The van der Waals surface area contributed by atoms with E-state index in [-0.39, 0.29) is 19.0 Å². The Morgan fingerprint density at radius 1 is 1.15 bits per heavy atom. The van der Waals surface area contributed by atoms with Crippen molar-refractivity contribution in [3.05, 3.63) is 48.6 Å². The minimum atomic E-state index is -0.427. The van der Waals surface area contributed by atoms with Crippen molar-refractivity contribution in [2.75, 3.05) is 13.2 Å². The van der Waals surface area contributed by atoms with Gasteiger partial charge in [0.25, 0.3) is 0 Å². The van der Waals surface area contributed by atoms with Gasteiger partial charge in [0.2, 0.25) is 0 Å². The highest BCUT2D eigenvalue weighted by Crippen LogP contribution is 2.31. The molecular formula is C16H16O4. The van der Waals surface area contributed by atoms with Crippen molar-refractivity contribution < 1.29 is 19.4 Å². The number of carbonyl (C=O) groups is 1. The lowest BCUT2D eigenvalue weighted by atomic mass is 10.1. The van der Waals surface area contributed by atoms with Crippen LogP contribution in [0.4, 0.5) is 0 Å².